The molecule has 0 atom stereocenters. The van der Waals surface area contributed by atoms with Crippen LogP contribution in [-0.4, -0.2) is 57.6 Å². The number of rotatable bonds is 4. The molecule has 16 aliphatic rings. The third-order valence-electron chi connectivity index (χ3n) is 18.1. The fraction of sp³-hybridized carbons (Fsp3) is 1.00. The Balaban J connectivity index is 0.000000111. The van der Waals surface area contributed by atoms with Crippen LogP contribution < -0.4 is 0 Å². The first-order valence-electron chi connectivity index (χ1n) is 22.6. The molecule has 16 bridgehead atoms. The van der Waals surface area contributed by atoms with E-state index < -0.39 is 31.3 Å². The summed E-state index contributed by atoms with van der Waals surface area (Å²) in [6, 6.07) is 0. The van der Waals surface area contributed by atoms with Gasteiger partial charge in [0.05, 0.1) is 20.6 Å². The lowest BCUT2D eigenvalue weighted by Gasteiger charge is -2.60. The van der Waals surface area contributed by atoms with E-state index in [2.05, 4.69) is 0 Å². The zero-order valence-electron chi connectivity index (χ0n) is 33.6. The van der Waals surface area contributed by atoms with E-state index in [-0.39, 0.29) is 0 Å². The fourth-order valence-electron chi connectivity index (χ4n) is 18.7. The van der Waals surface area contributed by atoms with Gasteiger partial charge in [-0.05, 0) is 242 Å². The first-order chi connectivity index (χ1) is 26.9. The highest BCUT2D eigenvalue weighted by Gasteiger charge is 2.63. The van der Waals surface area contributed by atoms with Crippen LogP contribution in [0.4, 0.5) is 26.3 Å². The summed E-state index contributed by atoms with van der Waals surface area (Å²) < 4.78 is 118. The van der Waals surface area contributed by atoms with Crippen molar-refractivity contribution in [3.8, 4) is 0 Å². The minimum absolute atomic E-state index is 0.760. The van der Waals surface area contributed by atoms with Crippen molar-refractivity contribution in [1.29, 1.82) is 0 Å². The standard InChI is InChI=1S/2C20H31P.2CHF3O3S/c2*1-13-2-15-3-14(1)8-19(7-13,9-15)21-20-10-16-4-17(11-20)6-18(5-16)12-20;2*2-1(3,4)8(5,6)7/h2*13-18,21H,1-12H2;2*(H,5,6,7). The van der Waals surface area contributed by atoms with Gasteiger partial charge in [0.1, 0.15) is 0 Å². The molecule has 0 N–H and O–H groups in total. The molecule has 0 aliphatic heterocycles. The second-order valence-electron chi connectivity index (χ2n) is 23.2. The van der Waals surface area contributed by atoms with Gasteiger partial charge in [0.2, 0.25) is 0 Å². The summed E-state index contributed by atoms with van der Waals surface area (Å²) in [5.41, 5.74) is -11.3. The number of hydrogen-bond acceptors (Lipinski definition) is 6. The Bertz CT molecular complexity index is 1430. The molecular weight excluding hydrogens is 841 g/mol. The molecule has 16 aliphatic carbocycles. The van der Waals surface area contributed by atoms with E-state index >= 15 is 0 Å². The van der Waals surface area contributed by atoms with Gasteiger partial charge in [0.25, 0.3) is 0 Å². The van der Waals surface area contributed by atoms with Gasteiger partial charge < -0.3 is 9.11 Å². The summed E-state index contributed by atoms with van der Waals surface area (Å²) in [7, 11) is -10.7. The van der Waals surface area contributed by atoms with E-state index in [1.54, 1.807) is 154 Å². The van der Waals surface area contributed by atoms with Crippen LogP contribution >= 0.6 is 17.2 Å². The topological polar surface area (TPSA) is 114 Å². The fourth-order valence-corrected chi connectivity index (χ4v) is 26.7. The maximum absolute atomic E-state index is 10.7. The molecule has 332 valence electrons. The Morgan fingerprint density at radius 1 is 0.328 bits per heavy atom. The van der Waals surface area contributed by atoms with Crippen LogP contribution in [0.2, 0.25) is 0 Å². The van der Waals surface area contributed by atoms with Crippen molar-refractivity contribution in [1.82, 2.24) is 0 Å². The summed E-state index contributed by atoms with van der Waals surface area (Å²) in [6.45, 7) is 0. The zero-order chi connectivity index (χ0) is 41.3. The van der Waals surface area contributed by atoms with Gasteiger partial charge >= 0.3 is 11.0 Å². The summed E-state index contributed by atoms with van der Waals surface area (Å²) in [5.74, 6) is 14.1. The van der Waals surface area contributed by atoms with Crippen LogP contribution in [-0.2, 0) is 20.2 Å². The van der Waals surface area contributed by atoms with E-state index in [0.717, 1.165) is 37.8 Å². The molecule has 58 heavy (non-hydrogen) atoms. The average molecular weight is 905 g/mol. The van der Waals surface area contributed by atoms with Gasteiger partial charge in [0, 0.05) is 0 Å². The van der Waals surface area contributed by atoms with Crippen LogP contribution in [0.3, 0.4) is 0 Å². The average Bonchev–Trinajstić information content (AvgIpc) is 3.00. The predicted octanol–water partition coefficient (Wildman–Crippen LogP) is 10.8. The van der Waals surface area contributed by atoms with Gasteiger partial charge in [-0.1, -0.05) is 0 Å². The molecule has 0 unspecified atom stereocenters. The van der Waals surface area contributed by atoms with Crippen molar-refractivity contribution < 1.29 is 52.3 Å². The molecule has 0 saturated heterocycles. The summed E-state index contributed by atoms with van der Waals surface area (Å²) in [5, 5.41) is 3.72. The van der Waals surface area contributed by atoms with Crippen molar-refractivity contribution in [2.45, 2.75) is 186 Å². The van der Waals surface area contributed by atoms with Gasteiger partial charge in [0.15, 0.2) is 20.2 Å². The molecule has 0 heterocycles. The van der Waals surface area contributed by atoms with Crippen molar-refractivity contribution in [2.24, 2.45) is 71.0 Å². The maximum Gasteiger partial charge on any atom is 0.485 e. The first kappa shape index (κ1) is 43.5. The van der Waals surface area contributed by atoms with Gasteiger partial charge in [-0.15, -0.1) is 0 Å². The number of alkyl halides is 6. The lowest BCUT2D eigenvalue weighted by molar-refractivity contribution is -0.0522. The van der Waals surface area contributed by atoms with E-state index in [1.807, 2.05) is 0 Å². The minimum Gasteiger partial charge on any atom is -0.741 e. The molecule has 16 fully saturated rings. The van der Waals surface area contributed by atoms with Crippen LogP contribution in [0.1, 0.15) is 154 Å². The molecule has 0 aromatic rings. The molecule has 16 heteroatoms. The molecule has 0 aromatic carbocycles. The Morgan fingerprint density at radius 3 is 0.517 bits per heavy atom. The monoisotopic (exact) mass is 904 g/mol. The molecule has 16 saturated carbocycles. The molecular formula is C42H64F6O6P2S2. The Labute approximate surface area is 345 Å². The quantitative estimate of drug-likeness (QED) is 0.120. The van der Waals surface area contributed by atoms with E-state index in [1.165, 1.54) is 71.0 Å². The van der Waals surface area contributed by atoms with Gasteiger partial charge in [-0.25, -0.2) is 16.8 Å². The lowest BCUT2D eigenvalue weighted by atomic mass is 9.55. The van der Waals surface area contributed by atoms with Crippen molar-refractivity contribution in [3.63, 3.8) is 0 Å². The summed E-state index contributed by atoms with van der Waals surface area (Å²) in [6.07, 6.45) is 39.9. The molecule has 6 nitrogen and oxygen atoms in total. The normalized spacial score (nSPS) is 50.2. The van der Waals surface area contributed by atoms with E-state index in [0.29, 0.717) is 0 Å². The Morgan fingerprint density at radius 2 is 0.431 bits per heavy atom. The summed E-state index contributed by atoms with van der Waals surface area (Å²) in [4.78, 5) is 0. The van der Waals surface area contributed by atoms with Crippen LogP contribution in [0.25, 0.3) is 0 Å². The maximum atomic E-state index is 10.7. The van der Waals surface area contributed by atoms with Crippen LogP contribution in [0.15, 0.2) is 0 Å². The van der Waals surface area contributed by atoms with Crippen molar-refractivity contribution >= 4 is 37.4 Å². The smallest absolute Gasteiger partial charge is 0.485 e. The summed E-state index contributed by atoms with van der Waals surface area (Å²) >= 11 is 0. The number of halogens is 6. The van der Waals surface area contributed by atoms with Gasteiger partial charge in [-0.3, -0.25) is 0 Å². The van der Waals surface area contributed by atoms with Crippen LogP contribution in [0.5, 0.6) is 0 Å². The first-order valence-corrected chi connectivity index (χ1v) is 27.8. The Kier molecular flexibility index (Phi) is 11.2. The lowest BCUT2D eigenvalue weighted by Crippen LogP contribution is -2.53. The SMILES string of the molecule is C1C2CC3CC1CC([PH2+]C14CC5CC(CC(C5)C1)C4)(C2)C3.C1C2CC3CC1CC([PH2+]C14CC5CC(CC(C5)C1)C4)(C2)C3.O=S(=O)([O-])C(F)(F)F.O=S(=O)([O-])C(F)(F)F. The number of hydrogen-bond donors (Lipinski definition) is 0. The molecule has 0 radical (unpaired) electrons. The predicted molar refractivity (Wildman–Crippen MR) is 215 cm³/mol. The van der Waals surface area contributed by atoms with Crippen molar-refractivity contribution in [2.75, 3.05) is 0 Å². The van der Waals surface area contributed by atoms with Crippen molar-refractivity contribution in [3.05, 3.63) is 0 Å². The third kappa shape index (κ3) is 8.99. The highest BCUT2D eigenvalue weighted by Crippen LogP contribution is 2.73. The molecule has 0 aromatic heterocycles. The second kappa shape index (κ2) is 14.9. The molecule has 16 rings (SSSR count). The largest absolute Gasteiger partial charge is 0.741 e. The van der Waals surface area contributed by atoms with Crippen LogP contribution in [0, 0.1) is 71.0 Å². The highest BCUT2D eigenvalue weighted by molar-refractivity contribution is 7.86. The van der Waals surface area contributed by atoms with Gasteiger partial charge in [-0.2, -0.15) is 26.3 Å². The molecule has 0 spiro atoms. The highest BCUT2D eigenvalue weighted by atomic mass is 32.2. The minimum atomic E-state index is -6.09. The van der Waals surface area contributed by atoms with E-state index in [4.69, 9.17) is 25.9 Å². The second-order valence-corrected chi connectivity index (χ2v) is 31.4. The molecule has 0 amide bonds. The zero-order valence-corrected chi connectivity index (χ0v) is 37.5. The van der Waals surface area contributed by atoms with E-state index in [9.17, 15) is 26.3 Å². The Hall–Kier alpha value is 0.260. The third-order valence-corrected chi connectivity index (χ3v) is 24.5.